The van der Waals surface area contributed by atoms with Gasteiger partial charge in [0.25, 0.3) is 5.56 Å². The normalized spacial score (nSPS) is 10.8. The van der Waals surface area contributed by atoms with E-state index < -0.39 is 11.2 Å². The lowest BCUT2D eigenvalue weighted by molar-refractivity contribution is -0.118. The van der Waals surface area contributed by atoms with E-state index in [1.54, 1.807) is 0 Å². The molecule has 7 nitrogen and oxygen atoms in total. The second kappa shape index (κ2) is 10.5. The SMILES string of the molecule is CCCCCC(=O)N(Cc1ccccc1)c1c(N)n(CCCC)c(=O)[nH]c1=O. The van der Waals surface area contributed by atoms with Crippen LogP contribution in [0.3, 0.4) is 0 Å². The number of nitrogens with two attached hydrogens (primary N) is 1. The van der Waals surface area contributed by atoms with E-state index in [-0.39, 0.29) is 24.0 Å². The summed E-state index contributed by atoms with van der Waals surface area (Å²) in [5.41, 5.74) is 5.99. The lowest BCUT2D eigenvalue weighted by Gasteiger charge is -2.25. The Hall–Kier alpha value is -2.83. The number of carbonyl (C=O) groups is 1. The molecule has 3 N–H and O–H groups in total. The molecule has 0 fully saturated rings. The average Bonchev–Trinajstić information content (AvgIpc) is 2.67. The minimum atomic E-state index is -0.630. The summed E-state index contributed by atoms with van der Waals surface area (Å²) in [5, 5.41) is 0. The second-order valence-corrected chi connectivity index (χ2v) is 6.92. The number of hydrogen-bond acceptors (Lipinski definition) is 4. The summed E-state index contributed by atoms with van der Waals surface area (Å²) in [5.74, 6) is -0.128. The van der Waals surface area contributed by atoms with Crippen LogP contribution in [0.1, 0.15) is 57.9 Å². The average molecular weight is 386 g/mol. The standard InChI is InChI=1S/C21H30N4O3/c1-3-5-8-13-17(26)25(15-16-11-9-7-10-12-16)18-19(22)24(14-6-4-2)21(28)23-20(18)27/h7,9-12H,3-6,8,13-15,22H2,1-2H3,(H,23,27,28). The van der Waals surface area contributed by atoms with Crippen LogP contribution >= 0.6 is 0 Å². The first-order valence-electron chi connectivity index (χ1n) is 9.96. The molecule has 0 aliphatic carbocycles. The van der Waals surface area contributed by atoms with Crippen LogP contribution in [-0.4, -0.2) is 15.5 Å². The number of aromatic amines is 1. The van der Waals surface area contributed by atoms with Crippen LogP contribution < -0.4 is 21.9 Å². The Bertz CT molecular complexity index is 887. The summed E-state index contributed by atoms with van der Waals surface area (Å²) in [4.78, 5) is 41.5. The van der Waals surface area contributed by atoms with Gasteiger partial charge in [0.2, 0.25) is 5.91 Å². The smallest absolute Gasteiger partial charge is 0.330 e. The second-order valence-electron chi connectivity index (χ2n) is 6.92. The number of anilines is 2. The topological polar surface area (TPSA) is 101 Å². The Balaban J connectivity index is 2.48. The van der Waals surface area contributed by atoms with Crippen molar-refractivity contribution in [3.8, 4) is 0 Å². The van der Waals surface area contributed by atoms with Gasteiger partial charge >= 0.3 is 5.69 Å². The molecule has 0 aliphatic heterocycles. The van der Waals surface area contributed by atoms with Gasteiger partial charge < -0.3 is 10.6 Å². The van der Waals surface area contributed by atoms with Crippen LogP contribution in [-0.2, 0) is 17.9 Å². The minimum Gasteiger partial charge on any atom is -0.383 e. The lowest BCUT2D eigenvalue weighted by atomic mass is 10.1. The van der Waals surface area contributed by atoms with Gasteiger partial charge in [-0.25, -0.2) is 4.79 Å². The van der Waals surface area contributed by atoms with Crippen LogP contribution in [0.4, 0.5) is 11.5 Å². The van der Waals surface area contributed by atoms with E-state index in [0.29, 0.717) is 13.0 Å². The largest absolute Gasteiger partial charge is 0.383 e. The molecular formula is C21H30N4O3. The zero-order chi connectivity index (χ0) is 20.5. The number of nitrogens with zero attached hydrogens (tertiary/aromatic N) is 2. The summed E-state index contributed by atoms with van der Waals surface area (Å²) in [7, 11) is 0. The molecule has 0 bridgehead atoms. The molecule has 152 valence electrons. The van der Waals surface area contributed by atoms with Gasteiger partial charge in [-0.3, -0.25) is 19.1 Å². The molecule has 0 unspecified atom stereocenters. The van der Waals surface area contributed by atoms with Crippen LogP contribution in [0, 0.1) is 0 Å². The molecule has 1 heterocycles. The monoisotopic (exact) mass is 386 g/mol. The van der Waals surface area contributed by atoms with Crippen molar-refractivity contribution >= 4 is 17.4 Å². The van der Waals surface area contributed by atoms with E-state index in [4.69, 9.17) is 5.73 Å². The molecular weight excluding hydrogens is 356 g/mol. The molecule has 2 rings (SSSR count). The van der Waals surface area contributed by atoms with Gasteiger partial charge in [-0.15, -0.1) is 0 Å². The highest BCUT2D eigenvalue weighted by Crippen LogP contribution is 2.21. The molecule has 2 aromatic rings. The number of rotatable bonds is 10. The van der Waals surface area contributed by atoms with E-state index in [9.17, 15) is 14.4 Å². The zero-order valence-corrected chi connectivity index (χ0v) is 16.7. The Morgan fingerprint density at radius 1 is 1.07 bits per heavy atom. The van der Waals surface area contributed by atoms with Crippen LogP contribution in [0.15, 0.2) is 39.9 Å². The molecule has 0 saturated carbocycles. The summed E-state index contributed by atoms with van der Waals surface area (Å²) < 4.78 is 1.34. The first kappa shape index (κ1) is 21.5. The Labute approximate surface area is 165 Å². The highest BCUT2D eigenvalue weighted by atomic mass is 16.2. The van der Waals surface area contributed by atoms with Gasteiger partial charge in [0.05, 0.1) is 6.54 Å². The Kier molecular flexibility index (Phi) is 8.04. The van der Waals surface area contributed by atoms with E-state index in [1.807, 2.05) is 37.3 Å². The fourth-order valence-electron chi connectivity index (χ4n) is 3.10. The number of nitrogens with one attached hydrogen (secondary N) is 1. The van der Waals surface area contributed by atoms with Crippen LogP contribution in [0.25, 0.3) is 0 Å². The summed E-state index contributed by atoms with van der Waals surface area (Å²) in [6.45, 7) is 4.70. The number of benzene rings is 1. The fourth-order valence-corrected chi connectivity index (χ4v) is 3.10. The third-order valence-electron chi connectivity index (χ3n) is 4.70. The fraction of sp³-hybridized carbons (Fsp3) is 0.476. The molecule has 0 radical (unpaired) electrons. The van der Waals surface area contributed by atoms with Crippen molar-refractivity contribution < 1.29 is 4.79 Å². The number of H-pyrrole nitrogens is 1. The maximum Gasteiger partial charge on any atom is 0.330 e. The molecule has 28 heavy (non-hydrogen) atoms. The van der Waals surface area contributed by atoms with Gasteiger partial charge in [0, 0.05) is 13.0 Å². The maximum atomic E-state index is 13.0. The molecule has 1 aromatic carbocycles. The first-order valence-corrected chi connectivity index (χ1v) is 9.96. The molecule has 0 atom stereocenters. The van der Waals surface area contributed by atoms with E-state index >= 15 is 0 Å². The minimum absolute atomic E-state index is 0.0435. The van der Waals surface area contributed by atoms with Gasteiger partial charge in [0.1, 0.15) is 5.82 Å². The summed E-state index contributed by atoms with van der Waals surface area (Å²) in [6, 6.07) is 9.44. The predicted molar refractivity (Wildman–Crippen MR) is 112 cm³/mol. The Morgan fingerprint density at radius 2 is 1.75 bits per heavy atom. The third kappa shape index (κ3) is 5.34. The van der Waals surface area contributed by atoms with Crippen LogP contribution in [0.2, 0.25) is 0 Å². The molecule has 0 aliphatic rings. The summed E-state index contributed by atoms with van der Waals surface area (Å²) >= 11 is 0. The number of unbranched alkanes of at least 4 members (excludes halogenated alkanes) is 3. The van der Waals surface area contributed by atoms with Crippen molar-refractivity contribution in [3.05, 3.63) is 56.7 Å². The van der Waals surface area contributed by atoms with Crippen LogP contribution in [0.5, 0.6) is 0 Å². The zero-order valence-electron chi connectivity index (χ0n) is 16.7. The van der Waals surface area contributed by atoms with Gasteiger partial charge in [-0.1, -0.05) is 63.4 Å². The molecule has 1 aromatic heterocycles. The van der Waals surface area contributed by atoms with E-state index in [0.717, 1.165) is 37.7 Å². The first-order chi connectivity index (χ1) is 13.5. The maximum absolute atomic E-state index is 13.0. The predicted octanol–water partition coefficient (Wildman–Crippen LogP) is 3.03. The number of nitrogen functional groups attached to an aromatic ring is 1. The quantitative estimate of drug-likeness (QED) is 0.613. The van der Waals surface area contributed by atoms with E-state index in [2.05, 4.69) is 11.9 Å². The summed E-state index contributed by atoms with van der Waals surface area (Å²) in [6.07, 6.45) is 4.63. The van der Waals surface area contributed by atoms with E-state index in [1.165, 1.54) is 9.47 Å². The van der Waals surface area contributed by atoms with Crippen molar-refractivity contribution in [2.24, 2.45) is 0 Å². The highest BCUT2D eigenvalue weighted by molar-refractivity contribution is 5.95. The Morgan fingerprint density at radius 3 is 2.39 bits per heavy atom. The van der Waals surface area contributed by atoms with Gasteiger partial charge in [-0.2, -0.15) is 0 Å². The molecule has 0 saturated heterocycles. The molecule has 1 amide bonds. The van der Waals surface area contributed by atoms with Crippen molar-refractivity contribution in [2.75, 3.05) is 10.6 Å². The van der Waals surface area contributed by atoms with Crippen molar-refractivity contribution in [1.29, 1.82) is 0 Å². The van der Waals surface area contributed by atoms with Gasteiger partial charge in [-0.05, 0) is 18.4 Å². The number of carbonyl (C=O) groups excluding carboxylic acids is 1. The molecule has 0 spiro atoms. The van der Waals surface area contributed by atoms with Crippen molar-refractivity contribution in [1.82, 2.24) is 9.55 Å². The third-order valence-corrected chi connectivity index (χ3v) is 4.70. The highest BCUT2D eigenvalue weighted by Gasteiger charge is 2.24. The van der Waals surface area contributed by atoms with Crippen molar-refractivity contribution in [3.63, 3.8) is 0 Å². The molecule has 7 heteroatoms. The van der Waals surface area contributed by atoms with Crippen molar-refractivity contribution in [2.45, 2.75) is 65.5 Å². The number of amides is 1. The number of aromatic nitrogens is 2. The lowest BCUT2D eigenvalue weighted by Crippen LogP contribution is -2.40. The number of hydrogen-bond donors (Lipinski definition) is 2. The van der Waals surface area contributed by atoms with Gasteiger partial charge in [0.15, 0.2) is 5.69 Å².